The van der Waals surface area contributed by atoms with Gasteiger partial charge < -0.3 is 10.6 Å². The predicted molar refractivity (Wildman–Crippen MR) is 149 cm³/mol. The van der Waals surface area contributed by atoms with Crippen molar-refractivity contribution >= 4 is 66.0 Å². The standard InChI is InChI=1S/C26H21BrN4O4S2/c1-17-5-7-19(8-6-17)24(32)30-23(16-18-3-2-4-20(27)15-18)25(33)29-21-9-11-22(12-10-21)37(34,35)31-26-28-13-14-36-26/h2-16H,1H3,(H,28,31)(H,29,33)(H,30,32). The van der Waals surface area contributed by atoms with E-state index in [2.05, 4.69) is 36.3 Å². The third-order valence-corrected chi connectivity index (χ3v) is 7.71. The van der Waals surface area contributed by atoms with E-state index in [1.807, 2.05) is 31.2 Å². The van der Waals surface area contributed by atoms with E-state index < -0.39 is 21.8 Å². The molecule has 0 spiro atoms. The number of sulfonamides is 1. The number of halogens is 1. The Balaban J connectivity index is 1.54. The number of amides is 2. The maximum absolute atomic E-state index is 13.2. The van der Waals surface area contributed by atoms with Crippen LogP contribution < -0.4 is 15.4 Å². The van der Waals surface area contributed by atoms with Crippen molar-refractivity contribution in [2.45, 2.75) is 11.8 Å². The highest BCUT2D eigenvalue weighted by Crippen LogP contribution is 2.20. The maximum atomic E-state index is 13.2. The van der Waals surface area contributed by atoms with E-state index in [9.17, 15) is 18.0 Å². The molecule has 3 aromatic carbocycles. The highest BCUT2D eigenvalue weighted by molar-refractivity contribution is 9.10. The monoisotopic (exact) mass is 596 g/mol. The number of hydrogen-bond acceptors (Lipinski definition) is 6. The fourth-order valence-electron chi connectivity index (χ4n) is 3.18. The van der Waals surface area contributed by atoms with E-state index in [4.69, 9.17) is 0 Å². The number of nitrogens with one attached hydrogen (secondary N) is 3. The summed E-state index contributed by atoms with van der Waals surface area (Å²) >= 11 is 4.57. The van der Waals surface area contributed by atoms with Gasteiger partial charge in [-0.3, -0.25) is 14.3 Å². The molecule has 0 aliphatic heterocycles. The van der Waals surface area contributed by atoms with Crippen LogP contribution in [0.15, 0.2) is 99.4 Å². The van der Waals surface area contributed by atoms with Gasteiger partial charge >= 0.3 is 0 Å². The second-order valence-corrected chi connectivity index (χ2v) is 11.3. The molecule has 0 atom stereocenters. The minimum Gasteiger partial charge on any atom is -0.321 e. The number of anilines is 2. The number of carbonyl (C=O) groups is 2. The van der Waals surface area contributed by atoms with Crippen LogP contribution in [0.5, 0.6) is 0 Å². The molecule has 0 unspecified atom stereocenters. The second-order valence-electron chi connectivity index (χ2n) is 7.85. The Bertz CT molecular complexity index is 1550. The Labute approximate surface area is 226 Å². The molecule has 8 nitrogen and oxygen atoms in total. The quantitative estimate of drug-likeness (QED) is 0.235. The first-order chi connectivity index (χ1) is 17.7. The van der Waals surface area contributed by atoms with E-state index in [1.165, 1.54) is 30.5 Å². The molecule has 0 aliphatic rings. The maximum Gasteiger partial charge on any atom is 0.272 e. The van der Waals surface area contributed by atoms with E-state index in [-0.39, 0.29) is 15.7 Å². The summed E-state index contributed by atoms with van der Waals surface area (Å²) in [7, 11) is -3.83. The molecule has 0 radical (unpaired) electrons. The van der Waals surface area contributed by atoms with E-state index >= 15 is 0 Å². The zero-order chi connectivity index (χ0) is 26.4. The van der Waals surface area contributed by atoms with Gasteiger partial charge in [0.2, 0.25) is 0 Å². The third kappa shape index (κ3) is 7.13. The van der Waals surface area contributed by atoms with Gasteiger partial charge in [-0.05, 0) is 67.1 Å². The van der Waals surface area contributed by atoms with Crippen LogP contribution in [-0.2, 0) is 14.8 Å². The topological polar surface area (TPSA) is 117 Å². The molecule has 3 N–H and O–H groups in total. The first kappa shape index (κ1) is 26.3. The first-order valence-corrected chi connectivity index (χ1v) is 14.0. The number of aromatic nitrogens is 1. The molecular formula is C26H21BrN4O4S2. The molecule has 2 amide bonds. The van der Waals surface area contributed by atoms with Crippen molar-refractivity contribution in [3.8, 4) is 0 Å². The molecule has 11 heteroatoms. The number of benzene rings is 3. The van der Waals surface area contributed by atoms with Gasteiger partial charge in [0, 0.05) is 27.3 Å². The smallest absolute Gasteiger partial charge is 0.272 e. The van der Waals surface area contributed by atoms with Crippen LogP contribution in [-0.4, -0.2) is 25.2 Å². The van der Waals surface area contributed by atoms with Crippen molar-refractivity contribution in [2.24, 2.45) is 0 Å². The molecule has 4 aromatic rings. The number of nitrogens with zero attached hydrogens (tertiary/aromatic N) is 1. The summed E-state index contributed by atoms with van der Waals surface area (Å²) in [5, 5.41) is 7.31. The van der Waals surface area contributed by atoms with Crippen LogP contribution >= 0.6 is 27.3 Å². The molecule has 188 valence electrons. The van der Waals surface area contributed by atoms with Gasteiger partial charge in [0.25, 0.3) is 21.8 Å². The molecule has 0 bridgehead atoms. The van der Waals surface area contributed by atoms with Gasteiger partial charge in [0.05, 0.1) is 4.90 Å². The van der Waals surface area contributed by atoms with E-state index in [0.29, 0.717) is 16.8 Å². The lowest BCUT2D eigenvalue weighted by atomic mass is 10.1. The molecule has 1 aromatic heterocycles. The van der Waals surface area contributed by atoms with Crippen LogP contribution in [0.1, 0.15) is 21.5 Å². The minimum absolute atomic E-state index is 0.0123. The molecule has 1 heterocycles. The van der Waals surface area contributed by atoms with Crippen molar-refractivity contribution in [2.75, 3.05) is 10.0 Å². The predicted octanol–water partition coefficient (Wildman–Crippen LogP) is 5.42. The average Bonchev–Trinajstić information content (AvgIpc) is 3.36. The lowest BCUT2D eigenvalue weighted by Gasteiger charge is -2.12. The largest absolute Gasteiger partial charge is 0.321 e. The zero-order valence-electron chi connectivity index (χ0n) is 19.4. The summed E-state index contributed by atoms with van der Waals surface area (Å²) in [5.74, 6) is -1.01. The lowest BCUT2D eigenvalue weighted by Crippen LogP contribution is -2.30. The molecule has 0 fully saturated rings. The molecule has 4 rings (SSSR count). The number of carbonyl (C=O) groups excluding carboxylic acids is 2. The molecule has 37 heavy (non-hydrogen) atoms. The van der Waals surface area contributed by atoms with Crippen LogP contribution in [0.25, 0.3) is 6.08 Å². The SMILES string of the molecule is Cc1ccc(C(=O)NC(=Cc2cccc(Br)c2)C(=O)Nc2ccc(S(=O)(=O)Nc3nccs3)cc2)cc1. The third-order valence-electron chi connectivity index (χ3n) is 5.04. The van der Waals surface area contributed by atoms with Gasteiger partial charge in [-0.2, -0.15) is 0 Å². The van der Waals surface area contributed by atoms with Gasteiger partial charge in [0.15, 0.2) is 5.13 Å². The van der Waals surface area contributed by atoms with Gasteiger partial charge in [-0.15, -0.1) is 11.3 Å². The van der Waals surface area contributed by atoms with Gasteiger partial charge in [0.1, 0.15) is 5.70 Å². The van der Waals surface area contributed by atoms with Crippen molar-refractivity contribution in [1.29, 1.82) is 0 Å². The van der Waals surface area contributed by atoms with E-state index in [0.717, 1.165) is 21.4 Å². The van der Waals surface area contributed by atoms with Crippen molar-refractivity contribution in [1.82, 2.24) is 10.3 Å². The Morgan fingerprint density at radius 1 is 1.00 bits per heavy atom. The average molecular weight is 598 g/mol. The normalized spacial score (nSPS) is 11.6. The Morgan fingerprint density at radius 2 is 1.73 bits per heavy atom. The number of thiazole rings is 1. The number of aryl methyl sites for hydroxylation is 1. The lowest BCUT2D eigenvalue weighted by molar-refractivity contribution is -0.113. The van der Waals surface area contributed by atoms with Gasteiger partial charge in [-0.1, -0.05) is 45.8 Å². The fraction of sp³-hybridized carbons (Fsp3) is 0.0385. The fourth-order valence-corrected chi connectivity index (χ4v) is 5.39. The highest BCUT2D eigenvalue weighted by atomic mass is 79.9. The van der Waals surface area contributed by atoms with Crippen LogP contribution in [0, 0.1) is 6.92 Å². The molecule has 0 aliphatic carbocycles. The summed E-state index contributed by atoms with van der Waals surface area (Å²) in [6, 6.07) is 19.9. The summed E-state index contributed by atoms with van der Waals surface area (Å²) in [6.07, 6.45) is 3.06. The molecular weight excluding hydrogens is 576 g/mol. The zero-order valence-corrected chi connectivity index (χ0v) is 22.7. The van der Waals surface area contributed by atoms with Crippen LogP contribution in [0.2, 0.25) is 0 Å². The summed E-state index contributed by atoms with van der Waals surface area (Å²) < 4.78 is 28.3. The van der Waals surface area contributed by atoms with Crippen molar-refractivity contribution < 1.29 is 18.0 Å². The Morgan fingerprint density at radius 3 is 2.38 bits per heavy atom. The minimum atomic E-state index is -3.83. The molecule has 0 saturated heterocycles. The second kappa shape index (κ2) is 11.5. The molecule has 0 saturated carbocycles. The van der Waals surface area contributed by atoms with Crippen molar-refractivity contribution in [3.05, 3.63) is 111 Å². The number of rotatable bonds is 8. The highest BCUT2D eigenvalue weighted by Gasteiger charge is 2.18. The van der Waals surface area contributed by atoms with E-state index in [1.54, 1.807) is 35.7 Å². The summed E-state index contributed by atoms with van der Waals surface area (Å²) in [5.41, 5.74) is 2.47. The first-order valence-electron chi connectivity index (χ1n) is 10.9. The van der Waals surface area contributed by atoms with Crippen molar-refractivity contribution in [3.63, 3.8) is 0 Å². The number of hydrogen-bond donors (Lipinski definition) is 3. The summed E-state index contributed by atoms with van der Waals surface area (Å²) in [6.45, 7) is 1.92. The van der Waals surface area contributed by atoms with Crippen LogP contribution in [0.4, 0.5) is 10.8 Å². The Kier molecular flexibility index (Phi) is 8.17. The van der Waals surface area contributed by atoms with Gasteiger partial charge in [-0.25, -0.2) is 13.4 Å². The van der Waals surface area contributed by atoms with Crippen LogP contribution in [0.3, 0.4) is 0 Å². The summed E-state index contributed by atoms with van der Waals surface area (Å²) in [4.78, 5) is 30.0. The Hall–Kier alpha value is -3.80.